The van der Waals surface area contributed by atoms with Crippen molar-refractivity contribution in [2.45, 2.75) is 71.6 Å². The summed E-state index contributed by atoms with van der Waals surface area (Å²) in [6.07, 6.45) is 4.86. The van der Waals surface area contributed by atoms with Gasteiger partial charge in [-0.1, -0.05) is 59.6 Å². The van der Waals surface area contributed by atoms with Crippen molar-refractivity contribution < 1.29 is 19.4 Å². The first kappa shape index (κ1) is 25.4. The number of aromatic carboxylic acids is 1. The summed E-state index contributed by atoms with van der Waals surface area (Å²) in [6.45, 7) is 10.5. The average molecular weight is 441 g/mol. The van der Waals surface area contributed by atoms with Crippen LogP contribution in [0.3, 0.4) is 0 Å². The highest BCUT2D eigenvalue weighted by atomic mass is 16.5. The van der Waals surface area contributed by atoms with Crippen LogP contribution in [0.5, 0.6) is 5.88 Å². The van der Waals surface area contributed by atoms with E-state index in [1.807, 2.05) is 32.9 Å². The average Bonchev–Trinajstić information content (AvgIpc) is 2.71. The lowest BCUT2D eigenvalue weighted by Crippen LogP contribution is -2.21. The highest BCUT2D eigenvalue weighted by Gasteiger charge is 2.24. The molecule has 0 aliphatic rings. The van der Waals surface area contributed by atoms with Gasteiger partial charge in [0.15, 0.2) is 0 Å². The maximum Gasteiger partial charge on any atom is 0.335 e. The minimum absolute atomic E-state index is 0.0434. The van der Waals surface area contributed by atoms with Crippen molar-refractivity contribution in [2.24, 2.45) is 5.92 Å². The van der Waals surface area contributed by atoms with Gasteiger partial charge in [0.05, 0.1) is 12.7 Å². The van der Waals surface area contributed by atoms with Crippen LogP contribution >= 0.6 is 0 Å². The molecule has 1 unspecified atom stereocenters. The number of amides is 1. The van der Waals surface area contributed by atoms with Crippen LogP contribution in [-0.2, 0) is 10.2 Å². The van der Waals surface area contributed by atoms with Gasteiger partial charge in [0.2, 0.25) is 11.8 Å². The van der Waals surface area contributed by atoms with Gasteiger partial charge in [0.25, 0.3) is 0 Å². The number of rotatable bonds is 10. The van der Waals surface area contributed by atoms with Crippen molar-refractivity contribution in [1.82, 2.24) is 4.98 Å². The van der Waals surface area contributed by atoms with Gasteiger partial charge >= 0.3 is 5.97 Å². The van der Waals surface area contributed by atoms with E-state index in [9.17, 15) is 14.7 Å². The molecule has 0 bridgehead atoms. The van der Waals surface area contributed by atoms with Crippen LogP contribution in [-0.4, -0.2) is 29.1 Å². The predicted octanol–water partition coefficient (Wildman–Crippen LogP) is 6.02. The first-order chi connectivity index (χ1) is 15.0. The monoisotopic (exact) mass is 440 g/mol. The van der Waals surface area contributed by atoms with Gasteiger partial charge < -0.3 is 15.2 Å². The fraction of sp³-hybridized carbons (Fsp3) is 0.500. The second kappa shape index (κ2) is 11.1. The number of aromatic nitrogens is 1. The van der Waals surface area contributed by atoms with E-state index in [4.69, 9.17) is 4.74 Å². The van der Waals surface area contributed by atoms with E-state index in [0.29, 0.717) is 17.5 Å². The number of methoxy groups -OCH3 is 1. The van der Waals surface area contributed by atoms with Crippen molar-refractivity contribution in [3.8, 4) is 5.88 Å². The molecule has 6 nitrogen and oxygen atoms in total. The molecule has 174 valence electrons. The zero-order valence-electron chi connectivity index (χ0n) is 20.1. The van der Waals surface area contributed by atoms with E-state index < -0.39 is 5.97 Å². The van der Waals surface area contributed by atoms with Crippen LogP contribution in [0.15, 0.2) is 36.5 Å². The number of carboxylic acids is 1. The highest BCUT2D eigenvalue weighted by Crippen LogP contribution is 2.34. The third kappa shape index (κ3) is 7.08. The number of nitrogens with one attached hydrogen (secondary N) is 1. The van der Waals surface area contributed by atoms with Crippen molar-refractivity contribution in [3.05, 3.63) is 53.2 Å². The Morgan fingerprint density at radius 3 is 2.47 bits per heavy atom. The SMILES string of the molecule is COc1ncccc1C(CCCC(C)C)CC(=O)Nc1cc(C(=O)O)ccc1C(C)(C)C. The van der Waals surface area contributed by atoms with Crippen LogP contribution in [0, 0.1) is 5.92 Å². The molecule has 1 aromatic carbocycles. The Balaban J connectivity index is 2.29. The topological polar surface area (TPSA) is 88.5 Å². The maximum absolute atomic E-state index is 13.1. The number of nitrogens with zero attached hydrogens (tertiary/aromatic N) is 1. The normalized spacial score (nSPS) is 12.5. The second-order valence-corrected chi connectivity index (χ2v) is 9.69. The summed E-state index contributed by atoms with van der Waals surface area (Å²) in [4.78, 5) is 28.9. The van der Waals surface area contributed by atoms with Crippen molar-refractivity contribution in [3.63, 3.8) is 0 Å². The van der Waals surface area contributed by atoms with Gasteiger partial charge in [0.1, 0.15) is 0 Å². The molecule has 2 aromatic rings. The van der Waals surface area contributed by atoms with E-state index >= 15 is 0 Å². The Hall–Kier alpha value is -2.89. The minimum atomic E-state index is -1.02. The molecule has 0 aliphatic carbocycles. The largest absolute Gasteiger partial charge is 0.481 e. The number of anilines is 1. The maximum atomic E-state index is 13.1. The molecule has 1 atom stereocenters. The van der Waals surface area contributed by atoms with Gasteiger partial charge in [0, 0.05) is 23.9 Å². The second-order valence-electron chi connectivity index (χ2n) is 9.69. The van der Waals surface area contributed by atoms with E-state index in [1.165, 1.54) is 0 Å². The van der Waals surface area contributed by atoms with Crippen molar-refractivity contribution in [2.75, 3.05) is 12.4 Å². The Labute approximate surface area is 191 Å². The van der Waals surface area contributed by atoms with Gasteiger partial charge in [-0.05, 0) is 47.4 Å². The summed E-state index contributed by atoms with van der Waals surface area (Å²) in [5.74, 6) is -0.0873. The number of benzene rings is 1. The number of ether oxygens (including phenoxy) is 1. The standard InChI is InChI=1S/C26H36N2O4/c1-17(2)9-7-10-18(20-11-8-14-27-24(20)32-6)16-23(29)28-22-15-19(25(30)31)12-13-21(22)26(3,4)5/h8,11-15,17-18H,7,9-10,16H2,1-6H3,(H,28,29)(H,30,31). The molecule has 1 aromatic heterocycles. The number of carboxylic acid groups (broad SMARTS) is 1. The molecule has 32 heavy (non-hydrogen) atoms. The molecule has 1 amide bonds. The molecule has 2 rings (SSSR count). The van der Waals surface area contributed by atoms with Crippen LogP contribution < -0.4 is 10.1 Å². The molecular formula is C26H36N2O4. The number of hydrogen-bond donors (Lipinski definition) is 2. The number of hydrogen-bond acceptors (Lipinski definition) is 4. The Bertz CT molecular complexity index is 932. The zero-order valence-corrected chi connectivity index (χ0v) is 20.1. The summed E-state index contributed by atoms with van der Waals surface area (Å²) in [5.41, 5.74) is 2.26. The Morgan fingerprint density at radius 1 is 1.16 bits per heavy atom. The summed E-state index contributed by atoms with van der Waals surface area (Å²) >= 11 is 0. The molecule has 0 saturated carbocycles. The summed E-state index contributed by atoms with van der Waals surface area (Å²) in [7, 11) is 1.59. The van der Waals surface area contributed by atoms with Crippen LogP contribution in [0.2, 0.25) is 0 Å². The third-order valence-electron chi connectivity index (χ3n) is 5.55. The van der Waals surface area contributed by atoms with Gasteiger partial charge in [-0.2, -0.15) is 0 Å². The van der Waals surface area contributed by atoms with Crippen LogP contribution in [0.25, 0.3) is 0 Å². The Kier molecular flexibility index (Phi) is 8.81. The molecule has 1 heterocycles. The molecule has 0 aliphatic heterocycles. The molecule has 0 radical (unpaired) electrons. The molecule has 2 N–H and O–H groups in total. The first-order valence-electron chi connectivity index (χ1n) is 11.2. The zero-order chi connectivity index (χ0) is 23.9. The van der Waals surface area contributed by atoms with E-state index in [1.54, 1.807) is 31.5 Å². The minimum Gasteiger partial charge on any atom is -0.481 e. The lowest BCUT2D eigenvalue weighted by Gasteiger charge is -2.24. The third-order valence-corrected chi connectivity index (χ3v) is 5.55. The van der Waals surface area contributed by atoms with Gasteiger partial charge in [-0.3, -0.25) is 4.79 Å². The van der Waals surface area contributed by atoms with E-state index in [2.05, 4.69) is 24.1 Å². The van der Waals surface area contributed by atoms with E-state index in [0.717, 1.165) is 30.4 Å². The lowest BCUT2D eigenvalue weighted by molar-refractivity contribution is -0.116. The molecule has 0 fully saturated rings. The molecule has 0 spiro atoms. The van der Waals surface area contributed by atoms with Crippen molar-refractivity contribution >= 4 is 17.6 Å². The number of pyridine rings is 1. The fourth-order valence-electron chi connectivity index (χ4n) is 3.88. The van der Waals surface area contributed by atoms with Crippen molar-refractivity contribution in [1.29, 1.82) is 0 Å². The summed E-state index contributed by atoms with van der Waals surface area (Å²) < 4.78 is 5.45. The Morgan fingerprint density at radius 2 is 1.88 bits per heavy atom. The first-order valence-corrected chi connectivity index (χ1v) is 11.2. The van der Waals surface area contributed by atoms with Gasteiger partial charge in [-0.25, -0.2) is 9.78 Å². The molecule has 0 saturated heterocycles. The van der Waals surface area contributed by atoms with Crippen LogP contribution in [0.4, 0.5) is 5.69 Å². The highest BCUT2D eigenvalue weighted by molar-refractivity contribution is 5.95. The fourth-order valence-corrected chi connectivity index (χ4v) is 3.88. The summed E-state index contributed by atoms with van der Waals surface area (Å²) in [5, 5.41) is 12.4. The van der Waals surface area contributed by atoms with E-state index in [-0.39, 0.29) is 29.2 Å². The smallest absolute Gasteiger partial charge is 0.335 e. The number of carbonyl (C=O) groups excluding carboxylic acids is 1. The molecule has 6 heteroatoms. The van der Waals surface area contributed by atoms with Crippen LogP contribution in [0.1, 0.15) is 87.7 Å². The number of carbonyl (C=O) groups is 2. The van der Waals surface area contributed by atoms with Gasteiger partial charge in [-0.15, -0.1) is 0 Å². The predicted molar refractivity (Wildman–Crippen MR) is 128 cm³/mol. The molecular weight excluding hydrogens is 404 g/mol. The quantitative estimate of drug-likeness (QED) is 0.471. The summed E-state index contributed by atoms with van der Waals surface area (Å²) in [6, 6.07) is 8.72. The lowest BCUT2D eigenvalue weighted by atomic mass is 9.85.